The van der Waals surface area contributed by atoms with Crippen molar-refractivity contribution in [3.8, 4) is 0 Å². The van der Waals surface area contributed by atoms with Crippen LogP contribution in [-0.4, -0.2) is 44.6 Å². The molecular formula is C10H20Mo2N2O4S4-2. The molecule has 6 nitrogen and oxygen atoms in total. The zero-order chi connectivity index (χ0) is 18.6. The maximum atomic E-state index is 8.50. The van der Waals surface area contributed by atoms with E-state index in [9.17, 15) is 0 Å². The van der Waals surface area contributed by atoms with E-state index in [0.29, 0.717) is 8.64 Å². The molecule has 0 aliphatic rings. The molecule has 0 aromatic heterocycles. The van der Waals surface area contributed by atoms with Crippen LogP contribution in [-0.2, 0) is 75.8 Å². The zero-order valence-corrected chi connectivity index (χ0v) is 20.1. The Balaban J connectivity index is -0.000000109. The molecule has 0 fully saturated rings. The fourth-order valence-corrected chi connectivity index (χ4v) is 2.00. The van der Waals surface area contributed by atoms with E-state index in [1.807, 2.05) is 37.5 Å². The van der Waals surface area contributed by atoms with E-state index >= 15 is 0 Å². The van der Waals surface area contributed by atoms with E-state index in [1.54, 1.807) is 0 Å². The quantitative estimate of drug-likeness (QED) is 0.293. The van der Waals surface area contributed by atoms with Crippen molar-refractivity contribution in [2.75, 3.05) is 26.2 Å². The van der Waals surface area contributed by atoms with Gasteiger partial charge in [-0.2, -0.15) is 0 Å². The van der Waals surface area contributed by atoms with Crippen LogP contribution < -0.4 is 0 Å². The van der Waals surface area contributed by atoms with Crippen LogP contribution in [0, 0.1) is 0 Å². The van der Waals surface area contributed by atoms with Crippen molar-refractivity contribution < 1.29 is 50.6 Å². The molecule has 0 rings (SSSR count). The van der Waals surface area contributed by atoms with Gasteiger partial charge in [0.1, 0.15) is 0 Å². The predicted molar refractivity (Wildman–Crippen MR) is 88.5 cm³/mol. The first-order chi connectivity index (χ1) is 10.3. The maximum absolute atomic E-state index is 8.50. The molecule has 0 radical (unpaired) electrons. The Bertz CT molecular complexity index is 321. The predicted octanol–water partition coefficient (Wildman–Crippen LogP) is 1.84. The normalized spacial score (nSPS) is 7.45. The Morgan fingerprint density at radius 2 is 0.864 bits per heavy atom. The monoisotopic (exact) mass is 556 g/mol. The topological polar surface area (TPSA) is 74.8 Å². The molecule has 0 saturated heterocycles. The number of hydrogen-bond acceptors (Lipinski definition) is 8. The molecule has 22 heavy (non-hydrogen) atoms. The summed E-state index contributed by atoms with van der Waals surface area (Å²) in [5.41, 5.74) is 0. The summed E-state index contributed by atoms with van der Waals surface area (Å²) in [7, 11) is 0. The van der Waals surface area contributed by atoms with Crippen molar-refractivity contribution >= 4 is 58.3 Å². The first kappa shape index (κ1) is 30.7. The standard InChI is InChI=1S/2C5H11NS2.2Mo.4O/c2*1-3-6(4-2)5(7)8;;;;;;/h2*3-4H2,1-2H3,(H,7,8);;;;;;/p-2. The summed E-state index contributed by atoms with van der Waals surface area (Å²) < 4.78 is 35.2. The summed E-state index contributed by atoms with van der Waals surface area (Å²) in [4.78, 5) is 3.93. The average Bonchev–Trinajstić information content (AvgIpc) is 2.43. The van der Waals surface area contributed by atoms with Gasteiger partial charge in [-0.3, -0.25) is 0 Å². The third-order valence-corrected chi connectivity index (χ3v) is 3.08. The second-order valence-corrected chi connectivity index (χ2v) is 5.75. The number of hydrogen-bond donors (Lipinski definition) is 0. The molecule has 0 aliphatic heterocycles. The van der Waals surface area contributed by atoms with Gasteiger partial charge in [-0.15, -0.1) is 0 Å². The van der Waals surface area contributed by atoms with Gasteiger partial charge in [0.05, 0.1) is 0 Å². The molecule has 12 heteroatoms. The minimum absolute atomic E-state index is 0.579. The van der Waals surface area contributed by atoms with Gasteiger partial charge in [-0.1, -0.05) is 8.64 Å². The van der Waals surface area contributed by atoms with Crippen LogP contribution in [0.5, 0.6) is 0 Å². The minimum atomic E-state index is -2.03. The van der Waals surface area contributed by atoms with Gasteiger partial charge in [0.2, 0.25) is 0 Å². The van der Waals surface area contributed by atoms with Gasteiger partial charge in [0.25, 0.3) is 0 Å². The van der Waals surface area contributed by atoms with Crippen LogP contribution in [0.15, 0.2) is 0 Å². The Morgan fingerprint density at radius 3 is 0.864 bits per heavy atom. The summed E-state index contributed by atoms with van der Waals surface area (Å²) in [6.07, 6.45) is 0. The second-order valence-electron chi connectivity index (χ2n) is 3.01. The van der Waals surface area contributed by atoms with Crippen LogP contribution in [0.4, 0.5) is 0 Å². The first-order valence-corrected chi connectivity index (χ1v) is 10.9. The molecule has 0 heterocycles. The Kier molecular flexibility index (Phi) is 37.2. The first-order valence-electron chi connectivity index (χ1n) is 6.02. The Labute approximate surface area is 171 Å². The number of rotatable bonds is 4. The van der Waals surface area contributed by atoms with E-state index in [2.05, 4.69) is 0 Å². The van der Waals surface area contributed by atoms with Crippen LogP contribution >= 0.6 is 24.4 Å². The molecular weight excluding hydrogens is 532 g/mol. The molecule has 0 aliphatic carbocycles. The van der Waals surface area contributed by atoms with Crippen LogP contribution in [0.3, 0.4) is 0 Å². The molecule has 0 bridgehead atoms. The number of nitrogens with zero attached hydrogens (tertiary/aromatic N) is 2. The summed E-state index contributed by atoms with van der Waals surface area (Å²) in [6.45, 7) is 11.9. The third-order valence-electron chi connectivity index (χ3n) is 2.04. The van der Waals surface area contributed by atoms with Gasteiger partial charge in [-0.25, -0.2) is 0 Å². The van der Waals surface area contributed by atoms with E-state index in [1.165, 1.54) is 0 Å². The van der Waals surface area contributed by atoms with Gasteiger partial charge in [0.15, 0.2) is 0 Å². The van der Waals surface area contributed by atoms with Gasteiger partial charge >= 0.3 is 50.6 Å². The molecule has 0 saturated carbocycles. The summed E-state index contributed by atoms with van der Waals surface area (Å²) in [5.74, 6) is 0. The molecule has 0 aromatic rings. The molecule has 0 amide bonds. The SMILES string of the molecule is CCN(CC)C(=S)[S-].CCN(CC)C(=S)[S-].[O]=[Mo]=[O].[O]=[Mo]=[O]. The average molecular weight is 552 g/mol. The fraction of sp³-hybridized carbons (Fsp3) is 0.800. The van der Waals surface area contributed by atoms with Gasteiger partial charge in [0, 0.05) is 26.2 Å². The Morgan fingerprint density at radius 1 is 0.727 bits per heavy atom. The zero-order valence-electron chi connectivity index (χ0n) is 12.8. The molecule has 0 unspecified atom stereocenters. The summed E-state index contributed by atoms with van der Waals surface area (Å²) in [5, 5.41) is 0. The number of thiocarbonyl (C=S) groups is 2. The van der Waals surface area contributed by atoms with Crippen molar-refractivity contribution in [1.82, 2.24) is 9.80 Å². The molecule has 0 aromatic carbocycles. The molecule has 0 N–H and O–H groups in total. The van der Waals surface area contributed by atoms with Crippen molar-refractivity contribution in [1.29, 1.82) is 0 Å². The summed E-state index contributed by atoms with van der Waals surface area (Å²) in [6, 6.07) is 0. The van der Waals surface area contributed by atoms with E-state index < -0.39 is 37.0 Å². The second kappa shape index (κ2) is 26.7. The van der Waals surface area contributed by atoms with Gasteiger partial charge < -0.3 is 59.5 Å². The van der Waals surface area contributed by atoms with Crippen molar-refractivity contribution in [3.05, 3.63) is 0 Å². The Hall–Kier alpha value is 0.797. The third kappa shape index (κ3) is 28.9. The van der Waals surface area contributed by atoms with Crippen LogP contribution in [0.1, 0.15) is 27.7 Å². The van der Waals surface area contributed by atoms with Gasteiger partial charge in [-0.05, 0) is 27.7 Å². The van der Waals surface area contributed by atoms with E-state index in [-0.39, 0.29) is 0 Å². The summed E-state index contributed by atoms with van der Waals surface area (Å²) >= 11 is 15.0. The van der Waals surface area contributed by atoms with Crippen molar-refractivity contribution in [2.24, 2.45) is 0 Å². The fourth-order valence-electron chi connectivity index (χ4n) is 0.964. The van der Waals surface area contributed by atoms with Crippen LogP contribution in [0.2, 0.25) is 0 Å². The van der Waals surface area contributed by atoms with E-state index in [0.717, 1.165) is 26.2 Å². The van der Waals surface area contributed by atoms with Crippen molar-refractivity contribution in [2.45, 2.75) is 27.7 Å². The molecule has 132 valence electrons. The van der Waals surface area contributed by atoms with Crippen LogP contribution in [0.25, 0.3) is 0 Å². The van der Waals surface area contributed by atoms with E-state index in [4.69, 9.17) is 63.3 Å². The van der Waals surface area contributed by atoms with Crippen molar-refractivity contribution in [3.63, 3.8) is 0 Å². The molecule has 0 spiro atoms. The molecule has 0 atom stereocenters.